The van der Waals surface area contributed by atoms with Crippen molar-refractivity contribution in [2.24, 2.45) is 5.92 Å². The van der Waals surface area contributed by atoms with Crippen molar-refractivity contribution in [3.05, 3.63) is 24.6 Å². The van der Waals surface area contributed by atoms with Crippen molar-refractivity contribution in [3.8, 4) is 0 Å². The number of hydrogen-bond donors (Lipinski definition) is 1. The van der Waals surface area contributed by atoms with Crippen LogP contribution in [0.25, 0.3) is 11.0 Å². The molecule has 0 radical (unpaired) electrons. The van der Waals surface area contributed by atoms with E-state index in [0.29, 0.717) is 6.54 Å². The second kappa shape index (κ2) is 5.63. The summed E-state index contributed by atoms with van der Waals surface area (Å²) in [6.07, 6.45) is 5.38. The highest BCUT2D eigenvalue weighted by Gasteiger charge is 2.29. The molecule has 0 spiro atoms. The average molecular weight is 301 g/mol. The van der Waals surface area contributed by atoms with Gasteiger partial charge in [0.2, 0.25) is 5.91 Å². The number of anilines is 1. The van der Waals surface area contributed by atoms with Crippen molar-refractivity contribution >= 4 is 22.7 Å². The van der Waals surface area contributed by atoms with E-state index >= 15 is 0 Å². The second-order valence-electron chi connectivity index (χ2n) is 6.99. The third-order valence-electron chi connectivity index (χ3n) is 3.95. The third-order valence-corrected chi connectivity index (χ3v) is 3.95. The number of piperidine rings is 1. The zero-order valence-corrected chi connectivity index (χ0v) is 13.4. The molecule has 0 aliphatic carbocycles. The normalized spacial score (nSPS) is 19.4. The molecule has 1 fully saturated rings. The van der Waals surface area contributed by atoms with Gasteiger partial charge in [-0.15, -0.1) is 0 Å². The highest BCUT2D eigenvalue weighted by atomic mass is 16.3. The molecular formula is C17H23N3O2. The Kier molecular flexibility index (Phi) is 3.81. The molecule has 0 bridgehead atoms. The predicted molar refractivity (Wildman–Crippen MR) is 86.8 cm³/mol. The largest absolute Gasteiger partial charge is 0.464 e. The fraction of sp³-hybridized carbons (Fsp3) is 0.529. The Morgan fingerprint density at radius 1 is 1.41 bits per heavy atom. The van der Waals surface area contributed by atoms with Gasteiger partial charge in [-0.1, -0.05) is 0 Å². The highest BCUT2D eigenvalue weighted by Crippen LogP contribution is 2.29. The van der Waals surface area contributed by atoms with Crippen LogP contribution in [0.2, 0.25) is 0 Å². The third kappa shape index (κ3) is 3.08. The van der Waals surface area contributed by atoms with Gasteiger partial charge in [-0.2, -0.15) is 0 Å². The van der Waals surface area contributed by atoms with E-state index in [9.17, 15) is 4.79 Å². The molecule has 1 unspecified atom stereocenters. The standard InChI is InChI=1S/C17H23N3O2/c1-17(2,3)19-16(21)12-5-4-9-20(11-12)15-13-7-10-22-14(13)6-8-18-15/h6-8,10,12H,4-5,9,11H2,1-3H3,(H,19,21). The molecule has 1 amide bonds. The van der Waals surface area contributed by atoms with E-state index in [1.165, 1.54) is 0 Å². The molecule has 2 aromatic rings. The number of pyridine rings is 1. The molecule has 3 heterocycles. The van der Waals surface area contributed by atoms with Crippen molar-refractivity contribution in [1.29, 1.82) is 0 Å². The van der Waals surface area contributed by atoms with Crippen LogP contribution < -0.4 is 10.2 Å². The number of nitrogens with one attached hydrogen (secondary N) is 1. The van der Waals surface area contributed by atoms with Crippen LogP contribution in [0.5, 0.6) is 0 Å². The number of rotatable bonds is 2. The summed E-state index contributed by atoms with van der Waals surface area (Å²) < 4.78 is 5.44. The van der Waals surface area contributed by atoms with Crippen LogP contribution in [-0.2, 0) is 4.79 Å². The Hall–Kier alpha value is -2.04. The molecule has 0 aromatic carbocycles. The van der Waals surface area contributed by atoms with Gasteiger partial charge in [0, 0.05) is 24.8 Å². The molecule has 1 N–H and O–H groups in total. The van der Waals surface area contributed by atoms with Crippen LogP contribution in [0.3, 0.4) is 0 Å². The van der Waals surface area contributed by atoms with Crippen molar-refractivity contribution in [2.75, 3.05) is 18.0 Å². The highest BCUT2D eigenvalue weighted by molar-refractivity contribution is 5.89. The number of furan rings is 1. The van der Waals surface area contributed by atoms with Gasteiger partial charge in [0.25, 0.3) is 0 Å². The molecule has 1 aliphatic heterocycles. The topological polar surface area (TPSA) is 58.4 Å². The number of fused-ring (bicyclic) bond motifs is 1. The minimum Gasteiger partial charge on any atom is -0.464 e. The number of carbonyl (C=O) groups excluding carboxylic acids is 1. The number of hydrogen-bond acceptors (Lipinski definition) is 4. The average Bonchev–Trinajstić information content (AvgIpc) is 2.94. The summed E-state index contributed by atoms with van der Waals surface area (Å²) in [5, 5.41) is 4.10. The number of amides is 1. The molecule has 1 saturated heterocycles. The quantitative estimate of drug-likeness (QED) is 0.926. The fourth-order valence-electron chi connectivity index (χ4n) is 2.99. The number of nitrogens with zero attached hydrogens (tertiary/aromatic N) is 2. The Balaban J connectivity index is 1.78. The summed E-state index contributed by atoms with van der Waals surface area (Å²) in [6, 6.07) is 3.81. The van der Waals surface area contributed by atoms with Crippen molar-refractivity contribution in [3.63, 3.8) is 0 Å². The first-order valence-electron chi connectivity index (χ1n) is 7.83. The minimum atomic E-state index is -0.192. The van der Waals surface area contributed by atoms with Crippen LogP contribution in [0.15, 0.2) is 29.0 Å². The van der Waals surface area contributed by atoms with Gasteiger partial charge in [0.05, 0.1) is 17.6 Å². The lowest BCUT2D eigenvalue weighted by Gasteiger charge is -2.34. The SMILES string of the molecule is CC(C)(C)NC(=O)C1CCCN(c2nccc3occc23)C1. The van der Waals surface area contributed by atoms with Gasteiger partial charge in [-0.25, -0.2) is 4.98 Å². The fourth-order valence-corrected chi connectivity index (χ4v) is 2.99. The Bertz CT molecular complexity index is 672. The zero-order chi connectivity index (χ0) is 15.7. The molecule has 22 heavy (non-hydrogen) atoms. The minimum absolute atomic E-state index is 0.0110. The molecule has 2 aromatic heterocycles. The van der Waals surface area contributed by atoms with Crippen molar-refractivity contribution in [2.45, 2.75) is 39.2 Å². The molecule has 5 nitrogen and oxygen atoms in total. The van der Waals surface area contributed by atoms with E-state index in [0.717, 1.165) is 36.2 Å². The van der Waals surface area contributed by atoms with Gasteiger partial charge in [-0.3, -0.25) is 4.79 Å². The van der Waals surface area contributed by atoms with E-state index in [1.54, 1.807) is 12.5 Å². The first kappa shape index (κ1) is 14.9. The van der Waals surface area contributed by atoms with Crippen molar-refractivity contribution in [1.82, 2.24) is 10.3 Å². The molecular weight excluding hydrogens is 278 g/mol. The predicted octanol–water partition coefficient (Wildman–Crippen LogP) is 2.96. The van der Waals surface area contributed by atoms with Crippen LogP contribution in [-0.4, -0.2) is 29.5 Å². The van der Waals surface area contributed by atoms with Crippen molar-refractivity contribution < 1.29 is 9.21 Å². The number of carbonyl (C=O) groups is 1. The smallest absolute Gasteiger partial charge is 0.225 e. The van der Waals surface area contributed by atoms with Crippen LogP contribution in [0.1, 0.15) is 33.6 Å². The van der Waals surface area contributed by atoms with Gasteiger partial charge in [-0.05, 0) is 45.7 Å². The molecule has 3 rings (SSSR count). The molecule has 0 saturated carbocycles. The van der Waals surface area contributed by atoms with Crippen LogP contribution >= 0.6 is 0 Å². The first-order valence-corrected chi connectivity index (χ1v) is 7.83. The summed E-state index contributed by atoms with van der Waals surface area (Å²) in [6.45, 7) is 7.67. The van der Waals surface area contributed by atoms with Gasteiger partial charge >= 0.3 is 0 Å². The van der Waals surface area contributed by atoms with E-state index in [2.05, 4.69) is 15.2 Å². The Morgan fingerprint density at radius 2 is 2.23 bits per heavy atom. The lowest BCUT2D eigenvalue weighted by atomic mass is 9.95. The number of aromatic nitrogens is 1. The summed E-state index contributed by atoms with van der Waals surface area (Å²) >= 11 is 0. The van der Waals surface area contributed by atoms with E-state index < -0.39 is 0 Å². The lowest BCUT2D eigenvalue weighted by Crippen LogP contribution is -2.48. The molecule has 1 atom stereocenters. The Labute approximate surface area is 130 Å². The lowest BCUT2D eigenvalue weighted by molar-refractivity contribution is -0.126. The van der Waals surface area contributed by atoms with Crippen LogP contribution in [0, 0.1) is 5.92 Å². The Morgan fingerprint density at radius 3 is 3.00 bits per heavy atom. The summed E-state index contributed by atoms with van der Waals surface area (Å²) in [7, 11) is 0. The summed E-state index contributed by atoms with van der Waals surface area (Å²) in [5.74, 6) is 1.06. The van der Waals surface area contributed by atoms with Gasteiger partial charge in [0.1, 0.15) is 11.4 Å². The summed E-state index contributed by atoms with van der Waals surface area (Å²) in [5.41, 5.74) is 0.647. The van der Waals surface area contributed by atoms with E-state index in [4.69, 9.17) is 4.42 Å². The summed E-state index contributed by atoms with van der Waals surface area (Å²) in [4.78, 5) is 19.1. The molecule has 5 heteroatoms. The van der Waals surface area contributed by atoms with E-state index in [1.807, 2.05) is 32.9 Å². The monoisotopic (exact) mass is 301 g/mol. The second-order valence-corrected chi connectivity index (χ2v) is 6.99. The van der Waals surface area contributed by atoms with E-state index in [-0.39, 0.29) is 17.4 Å². The maximum Gasteiger partial charge on any atom is 0.225 e. The first-order chi connectivity index (χ1) is 10.4. The maximum atomic E-state index is 12.4. The van der Waals surface area contributed by atoms with Gasteiger partial charge < -0.3 is 14.6 Å². The zero-order valence-electron chi connectivity index (χ0n) is 13.4. The maximum absolute atomic E-state index is 12.4. The molecule has 118 valence electrons. The molecule has 1 aliphatic rings. The van der Waals surface area contributed by atoms with Crippen LogP contribution in [0.4, 0.5) is 5.82 Å². The van der Waals surface area contributed by atoms with Gasteiger partial charge in [0.15, 0.2) is 0 Å².